The Morgan fingerprint density at radius 2 is 1.95 bits per heavy atom. The Balaban J connectivity index is 2.37. The first kappa shape index (κ1) is 15.0. The van der Waals surface area contributed by atoms with Crippen LogP contribution in [0.4, 0.5) is 10.5 Å². The molecule has 0 saturated carbocycles. The van der Waals surface area contributed by atoms with Crippen LogP contribution in [0.2, 0.25) is 0 Å². The van der Waals surface area contributed by atoms with Gasteiger partial charge in [0, 0.05) is 0 Å². The van der Waals surface area contributed by atoms with E-state index in [0.29, 0.717) is 6.54 Å². The third-order valence-corrected chi connectivity index (χ3v) is 3.65. The quantitative estimate of drug-likeness (QED) is 0.803. The first-order valence-electron chi connectivity index (χ1n) is 7.25. The van der Waals surface area contributed by atoms with Gasteiger partial charge in [-0.05, 0) is 45.7 Å². The van der Waals surface area contributed by atoms with E-state index in [0.717, 1.165) is 25.1 Å². The molecule has 0 aliphatic carbocycles. The Labute approximate surface area is 121 Å². The van der Waals surface area contributed by atoms with Crippen molar-refractivity contribution in [2.24, 2.45) is 5.73 Å². The topological polar surface area (TPSA) is 52.3 Å². The molecule has 0 spiro atoms. The summed E-state index contributed by atoms with van der Waals surface area (Å²) in [6.07, 6.45) is 1.71. The van der Waals surface area contributed by atoms with Crippen LogP contribution >= 0.6 is 0 Å². The average molecular weight is 277 g/mol. The number of nitrogens with two attached hydrogens (primary N) is 1. The van der Waals surface area contributed by atoms with E-state index < -0.39 is 5.60 Å². The summed E-state index contributed by atoms with van der Waals surface area (Å²) in [6.45, 7) is 7.06. The van der Waals surface area contributed by atoms with Gasteiger partial charge in [-0.2, -0.15) is 9.28 Å². The van der Waals surface area contributed by atoms with E-state index in [2.05, 4.69) is 0 Å². The van der Waals surface area contributed by atoms with E-state index in [4.69, 9.17) is 10.5 Å². The van der Waals surface area contributed by atoms with Crippen molar-refractivity contribution in [1.82, 2.24) is 4.48 Å². The third-order valence-electron chi connectivity index (χ3n) is 3.65. The van der Waals surface area contributed by atoms with Crippen molar-refractivity contribution in [2.45, 2.75) is 45.3 Å². The zero-order chi connectivity index (χ0) is 14.8. The summed E-state index contributed by atoms with van der Waals surface area (Å²) in [5.41, 5.74) is 6.61. The number of benzene rings is 1. The zero-order valence-electron chi connectivity index (χ0n) is 12.6. The predicted octanol–water partition coefficient (Wildman–Crippen LogP) is 3.05. The summed E-state index contributed by atoms with van der Waals surface area (Å²) >= 11 is 0. The first-order chi connectivity index (χ1) is 9.33. The third kappa shape index (κ3) is 3.19. The maximum absolute atomic E-state index is 12.8. The smallest absolute Gasteiger partial charge is 0.414 e. The lowest BCUT2D eigenvalue weighted by Crippen LogP contribution is -2.63. The molecule has 20 heavy (non-hydrogen) atoms. The minimum absolute atomic E-state index is 0.0384. The molecule has 1 aliphatic rings. The molecule has 4 heteroatoms. The van der Waals surface area contributed by atoms with Crippen LogP contribution in [0.25, 0.3) is 0 Å². The first-order valence-corrected chi connectivity index (χ1v) is 7.25. The molecule has 1 saturated heterocycles. The van der Waals surface area contributed by atoms with Crippen molar-refractivity contribution < 1.29 is 9.53 Å². The number of carbonyl (C=O) groups is 1. The Morgan fingerprint density at radius 3 is 2.50 bits per heavy atom. The van der Waals surface area contributed by atoms with Crippen LogP contribution in [0, 0.1) is 0 Å². The maximum Gasteiger partial charge on any atom is 0.521 e. The number of carbonyl (C=O) groups excluding carboxylic acids is 1. The van der Waals surface area contributed by atoms with Gasteiger partial charge in [-0.3, -0.25) is 0 Å². The maximum atomic E-state index is 12.8. The molecule has 1 aliphatic heterocycles. The lowest BCUT2D eigenvalue weighted by atomic mass is 10.0. The lowest BCUT2D eigenvalue weighted by Gasteiger charge is -2.40. The second-order valence-electron chi connectivity index (χ2n) is 6.59. The summed E-state index contributed by atoms with van der Waals surface area (Å²) in [5.74, 6) is 0. The van der Waals surface area contributed by atoms with Gasteiger partial charge in [-0.25, -0.2) is 0 Å². The second-order valence-corrected chi connectivity index (χ2v) is 6.59. The number of piperidine rings is 1. The fourth-order valence-electron chi connectivity index (χ4n) is 2.77. The predicted molar refractivity (Wildman–Crippen MR) is 81.4 cm³/mol. The monoisotopic (exact) mass is 277 g/mol. The van der Waals surface area contributed by atoms with E-state index in [9.17, 15) is 4.79 Å². The van der Waals surface area contributed by atoms with Gasteiger partial charge in [0.1, 0.15) is 17.8 Å². The van der Waals surface area contributed by atoms with E-state index in [-0.39, 0.29) is 16.6 Å². The molecular weight excluding hydrogens is 252 g/mol. The van der Waals surface area contributed by atoms with E-state index in [1.165, 1.54) is 0 Å². The molecule has 1 aromatic carbocycles. The summed E-state index contributed by atoms with van der Waals surface area (Å²) in [6, 6.07) is 9.89. The molecule has 2 unspecified atom stereocenters. The number of para-hydroxylation sites is 1. The highest BCUT2D eigenvalue weighted by molar-refractivity contribution is 5.83. The summed E-state index contributed by atoms with van der Waals surface area (Å²) in [7, 11) is 0. The average Bonchev–Trinajstić information content (AvgIpc) is 2.37. The van der Waals surface area contributed by atoms with Crippen LogP contribution in [0.5, 0.6) is 0 Å². The van der Waals surface area contributed by atoms with Crippen molar-refractivity contribution in [2.75, 3.05) is 13.1 Å². The number of quaternary nitrogens is 1. The molecule has 2 rings (SSSR count). The lowest BCUT2D eigenvalue weighted by molar-refractivity contribution is 0.0214. The van der Waals surface area contributed by atoms with Crippen LogP contribution < -0.4 is 10.2 Å². The van der Waals surface area contributed by atoms with Gasteiger partial charge < -0.3 is 10.5 Å². The SMILES string of the molecule is CC(C)(C)OC(=O)[N+]1(c2ccccc2)CCCC(N)C1. The van der Waals surface area contributed by atoms with Crippen molar-refractivity contribution in [3.05, 3.63) is 30.3 Å². The normalized spacial score (nSPS) is 27.1. The van der Waals surface area contributed by atoms with Crippen molar-refractivity contribution >= 4 is 11.8 Å². The van der Waals surface area contributed by atoms with E-state index in [1.54, 1.807) is 0 Å². The van der Waals surface area contributed by atoms with Gasteiger partial charge in [0.05, 0.1) is 12.6 Å². The van der Waals surface area contributed by atoms with E-state index in [1.807, 2.05) is 51.1 Å². The van der Waals surface area contributed by atoms with Gasteiger partial charge in [-0.15, -0.1) is 0 Å². The van der Waals surface area contributed by atoms with Crippen molar-refractivity contribution in [3.63, 3.8) is 0 Å². The minimum atomic E-state index is -0.487. The fraction of sp³-hybridized carbons (Fsp3) is 0.562. The molecule has 1 fully saturated rings. The standard InChI is InChI=1S/C16H25N2O2/c1-16(2,3)20-15(19)18(11-7-8-13(17)12-18)14-9-5-4-6-10-14/h4-6,9-10,13H,7-8,11-12,17H2,1-3H3/q+1. The summed E-state index contributed by atoms with van der Waals surface area (Å²) in [5, 5.41) is 0. The zero-order valence-corrected chi connectivity index (χ0v) is 12.6. The van der Waals surface area contributed by atoms with Gasteiger partial charge >= 0.3 is 6.09 Å². The highest BCUT2D eigenvalue weighted by atomic mass is 16.6. The largest absolute Gasteiger partial charge is 0.521 e. The number of hydrogen-bond acceptors (Lipinski definition) is 3. The molecular formula is C16H25N2O2+. The number of rotatable bonds is 1. The van der Waals surface area contributed by atoms with E-state index >= 15 is 0 Å². The van der Waals surface area contributed by atoms with Crippen LogP contribution in [0.15, 0.2) is 30.3 Å². The Bertz CT molecular complexity index is 467. The van der Waals surface area contributed by atoms with Crippen molar-refractivity contribution in [3.8, 4) is 0 Å². The van der Waals surface area contributed by atoms with Gasteiger partial charge in [0.25, 0.3) is 0 Å². The number of hydrogen-bond donors (Lipinski definition) is 1. The molecule has 2 N–H and O–H groups in total. The molecule has 1 heterocycles. The Morgan fingerprint density at radius 1 is 1.30 bits per heavy atom. The molecule has 1 aromatic rings. The molecule has 0 aromatic heterocycles. The molecule has 4 nitrogen and oxygen atoms in total. The summed E-state index contributed by atoms with van der Waals surface area (Å²) < 4.78 is 5.87. The fourth-order valence-corrected chi connectivity index (χ4v) is 2.77. The van der Waals surface area contributed by atoms with Gasteiger partial charge in [0.15, 0.2) is 0 Å². The van der Waals surface area contributed by atoms with Crippen LogP contribution in [-0.4, -0.2) is 30.8 Å². The number of nitrogens with zero attached hydrogens (tertiary/aromatic N) is 1. The Kier molecular flexibility index (Phi) is 4.16. The van der Waals surface area contributed by atoms with Crippen molar-refractivity contribution in [1.29, 1.82) is 0 Å². The number of likely N-dealkylation sites (tertiary alicyclic amines) is 1. The highest BCUT2D eigenvalue weighted by Crippen LogP contribution is 2.30. The number of ether oxygens (including phenoxy) is 1. The van der Waals surface area contributed by atoms with Crippen LogP contribution in [0.1, 0.15) is 33.6 Å². The summed E-state index contributed by atoms with van der Waals surface area (Å²) in [4.78, 5) is 12.8. The molecule has 2 atom stereocenters. The van der Waals surface area contributed by atoms with Crippen LogP contribution in [-0.2, 0) is 4.74 Å². The highest BCUT2D eigenvalue weighted by Gasteiger charge is 2.46. The second kappa shape index (κ2) is 5.54. The Hall–Kier alpha value is -1.39. The molecule has 110 valence electrons. The number of amides is 1. The van der Waals surface area contributed by atoms with Gasteiger partial charge in [0.2, 0.25) is 0 Å². The molecule has 0 radical (unpaired) electrons. The van der Waals surface area contributed by atoms with Gasteiger partial charge in [-0.1, -0.05) is 18.2 Å². The molecule has 1 amide bonds. The van der Waals surface area contributed by atoms with Crippen LogP contribution in [0.3, 0.4) is 0 Å². The minimum Gasteiger partial charge on any atom is -0.414 e. The molecule has 0 bridgehead atoms.